The Hall–Kier alpha value is -1.59. The largest absolute Gasteiger partial charge is 0.445 e. The molecule has 1 aromatic carbocycles. The van der Waals surface area contributed by atoms with Crippen molar-refractivity contribution < 1.29 is 19.4 Å². The van der Waals surface area contributed by atoms with Crippen LogP contribution in [0.3, 0.4) is 0 Å². The SMILES string of the molecule is CC(C)C[C@H](NC(=O)OCc1ccccc1)[C@H](O)C1(C)CO1. The van der Waals surface area contributed by atoms with E-state index in [1.54, 1.807) is 0 Å². The van der Waals surface area contributed by atoms with Crippen LogP contribution in [0.2, 0.25) is 0 Å². The van der Waals surface area contributed by atoms with Crippen LogP contribution in [0.15, 0.2) is 30.3 Å². The third-order valence-corrected chi connectivity index (χ3v) is 3.85. The molecule has 1 aromatic rings. The second-order valence-electron chi connectivity index (χ2n) is 6.49. The number of ether oxygens (including phenoxy) is 2. The zero-order valence-corrected chi connectivity index (χ0v) is 13.4. The molecule has 0 aromatic heterocycles. The van der Waals surface area contributed by atoms with Crippen LogP contribution in [-0.2, 0) is 16.1 Å². The third kappa shape index (κ3) is 4.71. The highest BCUT2D eigenvalue weighted by molar-refractivity contribution is 5.67. The summed E-state index contributed by atoms with van der Waals surface area (Å²) in [4.78, 5) is 12.0. The van der Waals surface area contributed by atoms with Gasteiger partial charge >= 0.3 is 6.09 Å². The van der Waals surface area contributed by atoms with E-state index in [0.29, 0.717) is 18.9 Å². The van der Waals surface area contributed by atoms with E-state index in [2.05, 4.69) is 5.32 Å². The normalized spacial score (nSPS) is 23.0. The number of hydrogen-bond acceptors (Lipinski definition) is 4. The van der Waals surface area contributed by atoms with E-state index in [0.717, 1.165) is 5.56 Å². The molecular formula is C17H25NO4. The lowest BCUT2D eigenvalue weighted by molar-refractivity contribution is 0.0406. The van der Waals surface area contributed by atoms with Crippen LogP contribution in [0.4, 0.5) is 4.79 Å². The molecule has 0 aliphatic carbocycles. The Morgan fingerprint density at radius 1 is 1.41 bits per heavy atom. The summed E-state index contributed by atoms with van der Waals surface area (Å²) < 4.78 is 10.5. The molecule has 22 heavy (non-hydrogen) atoms. The molecule has 1 aliphatic rings. The Balaban J connectivity index is 1.87. The van der Waals surface area contributed by atoms with Crippen molar-refractivity contribution >= 4 is 6.09 Å². The number of nitrogens with one attached hydrogen (secondary N) is 1. The molecular weight excluding hydrogens is 282 g/mol. The van der Waals surface area contributed by atoms with Crippen LogP contribution < -0.4 is 5.32 Å². The lowest BCUT2D eigenvalue weighted by Crippen LogP contribution is -2.50. The van der Waals surface area contributed by atoms with Crippen LogP contribution in [0, 0.1) is 5.92 Å². The van der Waals surface area contributed by atoms with Gasteiger partial charge in [-0.2, -0.15) is 0 Å². The van der Waals surface area contributed by atoms with Crippen LogP contribution in [0.5, 0.6) is 0 Å². The summed E-state index contributed by atoms with van der Waals surface area (Å²) in [6.45, 7) is 6.68. The molecule has 1 fully saturated rings. The zero-order chi connectivity index (χ0) is 16.2. The van der Waals surface area contributed by atoms with Crippen LogP contribution in [0.25, 0.3) is 0 Å². The van der Waals surface area contributed by atoms with Gasteiger partial charge in [-0.25, -0.2) is 4.79 Å². The molecule has 122 valence electrons. The Morgan fingerprint density at radius 2 is 2.05 bits per heavy atom. The van der Waals surface area contributed by atoms with Crippen molar-refractivity contribution in [1.29, 1.82) is 0 Å². The minimum atomic E-state index is -0.737. The van der Waals surface area contributed by atoms with Crippen molar-refractivity contribution in [2.75, 3.05) is 6.61 Å². The van der Waals surface area contributed by atoms with Gasteiger partial charge in [0.2, 0.25) is 0 Å². The molecule has 0 bridgehead atoms. The number of carbonyl (C=O) groups is 1. The Bertz CT molecular complexity index is 485. The fraction of sp³-hybridized carbons (Fsp3) is 0.588. The molecule has 0 radical (unpaired) electrons. The minimum absolute atomic E-state index is 0.213. The first-order chi connectivity index (χ1) is 10.4. The summed E-state index contributed by atoms with van der Waals surface area (Å²) in [6, 6.07) is 9.12. The third-order valence-electron chi connectivity index (χ3n) is 3.85. The number of hydrogen-bond donors (Lipinski definition) is 2. The molecule has 5 nitrogen and oxygen atoms in total. The molecule has 2 N–H and O–H groups in total. The quantitative estimate of drug-likeness (QED) is 0.759. The zero-order valence-electron chi connectivity index (χ0n) is 13.4. The molecule has 0 spiro atoms. The number of carbonyl (C=O) groups excluding carboxylic acids is 1. The van der Waals surface area contributed by atoms with Crippen molar-refractivity contribution in [3.63, 3.8) is 0 Å². The van der Waals surface area contributed by atoms with Gasteiger partial charge in [0, 0.05) is 0 Å². The van der Waals surface area contributed by atoms with Crippen molar-refractivity contribution in [2.45, 2.75) is 51.5 Å². The Labute approximate surface area is 131 Å². The topological polar surface area (TPSA) is 71.1 Å². The number of rotatable bonds is 7. The van der Waals surface area contributed by atoms with Gasteiger partial charge in [0.15, 0.2) is 0 Å². The van der Waals surface area contributed by atoms with E-state index in [-0.39, 0.29) is 12.6 Å². The highest BCUT2D eigenvalue weighted by Gasteiger charge is 2.50. The van der Waals surface area contributed by atoms with E-state index in [9.17, 15) is 9.90 Å². The monoisotopic (exact) mass is 307 g/mol. The number of benzene rings is 1. The second-order valence-corrected chi connectivity index (χ2v) is 6.49. The van der Waals surface area contributed by atoms with Gasteiger partial charge in [-0.05, 0) is 24.8 Å². The lowest BCUT2D eigenvalue weighted by Gasteiger charge is -2.27. The predicted octanol–water partition coefficient (Wildman–Crippen LogP) is 2.48. The number of alkyl carbamates (subject to hydrolysis) is 1. The average molecular weight is 307 g/mol. The summed E-state index contributed by atoms with van der Waals surface area (Å²) in [5.74, 6) is 0.344. The number of epoxide rings is 1. The highest BCUT2D eigenvalue weighted by atomic mass is 16.6. The van der Waals surface area contributed by atoms with Gasteiger partial charge in [0.1, 0.15) is 18.3 Å². The van der Waals surface area contributed by atoms with E-state index in [4.69, 9.17) is 9.47 Å². The van der Waals surface area contributed by atoms with E-state index >= 15 is 0 Å². The lowest BCUT2D eigenvalue weighted by atomic mass is 9.92. The summed E-state index contributed by atoms with van der Waals surface area (Å²) >= 11 is 0. The fourth-order valence-electron chi connectivity index (χ4n) is 2.40. The number of aliphatic hydroxyl groups is 1. The van der Waals surface area contributed by atoms with Gasteiger partial charge in [-0.15, -0.1) is 0 Å². The molecule has 5 heteroatoms. The summed E-state index contributed by atoms with van der Waals surface area (Å²) in [5.41, 5.74) is 0.378. The maximum absolute atomic E-state index is 12.0. The summed E-state index contributed by atoms with van der Waals surface area (Å²) in [5, 5.41) is 13.2. The smallest absolute Gasteiger partial charge is 0.407 e. The van der Waals surface area contributed by atoms with Gasteiger partial charge in [-0.3, -0.25) is 0 Å². The standard InChI is InChI=1S/C17H25NO4/c1-12(2)9-14(15(19)17(3)11-22-17)18-16(20)21-10-13-7-5-4-6-8-13/h4-8,12,14-15,19H,9-11H2,1-3H3,(H,18,20)/t14-,15-,17?/m0/s1. The van der Waals surface area contributed by atoms with Gasteiger partial charge in [0.25, 0.3) is 0 Å². The van der Waals surface area contributed by atoms with Crippen LogP contribution >= 0.6 is 0 Å². The van der Waals surface area contributed by atoms with Gasteiger partial charge in [0.05, 0.1) is 12.6 Å². The summed E-state index contributed by atoms with van der Waals surface area (Å²) in [7, 11) is 0. The molecule has 1 saturated heterocycles. The first-order valence-electron chi connectivity index (χ1n) is 7.70. The van der Waals surface area contributed by atoms with Crippen LogP contribution in [-0.4, -0.2) is 35.6 Å². The van der Waals surface area contributed by atoms with E-state index in [1.165, 1.54) is 0 Å². The first-order valence-corrected chi connectivity index (χ1v) is 7.70. The highest BCUT2D eigenvalue weighted by Crippen LogP contribution is 2.33. The molecule has 1 amide bonds. The maximum Gasteiger partial charge on any atom is 0.407 e. The van der Waals surface area contributed by atoms with Crippen LogP contribution in [0.1, 0.15) is 32.8 Å². The summed E-state index contributed by atoms with van der Waals surface area (Å²) in [6.07, 6.45) is -0.586. The van der Waals surface area contributed by atoms with Crippen molar-refractivity contribution in [3.05, 3.63) is 35.9 Å². The van der Waals surface area contributed by atoms with Gasteiger partial charge < -0.3 is 19.9 Å². The molecule has 3 atom stereocenters. The fourth-order valence-corrected chi connectivity index (χ4v) is 2.40. The number of amides is 1. The predicted molar refractivity (Wildman–Crippen MR) is 83.4 cm³/mol. The van der Waals surface area contributed by atoms with E-state index < -0.39 is 17.8 Å². The molecule has 1 heterocycles. The maximum atomic E-state index is 12.0. The number of aliphatic hydroxyl groups excluding tert-OH is 1. The average Bonchev–Trinajstić information content (AvgIpc) is 3.23. The molecule has 1 aliphatic heterocycles. The molecule has 0 saturated carbocycles. The van der Waals surface area contributed by atoms with Crippen molar-refractivity contribution in [3.8, 4) is 0 Å². The molecule has 2 rings (SSSR count). The second kappa shape index (κ2) is 7.11. The van der Waals surface area contributed by atoms with E-state index in [1.807, 2.05) is 51.1 Å². The van der Waals surface area contributed by atoms with Crippen molar-refractivity contribution in [1.82, 2.24) is 5.32 Å². The Kier molecular flexibility index (Phi) is 5.42. The van der Waals surface area contributed by atoms with Crippen molar-refractivity contribution in [2.24, 2.45) is 5.92 Å². The molecule has 1 unspecified atom stereocenters. The first kappa shape index (κ1) is 16.8. The Morgan fingerprint density at radius 3 is 2.59 bits per heavy atom. The minimum Gasteiger partial charge on any atom is -0.445 e. The van der Waals surface area contributed by atoms with Gasteiger partial charge in [-0.1, -0.05) is 44.2 Å².